The Kier molecular flexibility index (Phi) is 6.15. The predicted molar refractivity (Wildman–Crippen MR) is 69.3 cm³/mol. The number of hydrogen-bond donors (Lipinski definition) is 3. The molecular formula is C11H21N3OS. The topological polar surface area (TPSA) is 53.2 Å². The monoisotopic (exact) mass is 243 g/mol. The zero-order valence-electron chi connectivity index (χ0n) is 9.84. The summed E-state index contributed by atoms with van der Waals surface area (Å²) in [5.41, 5.74) is 0. The van der Waals surface area contributed by atoms with E-state index < -0.39 is 0 Å². The Morgan fingerprint density at radius 3 is 2.62 bits per heavy atom. The molecule has 0 aromatic carbocycles. The molecule has 16 heavy (non-hydrogen) atoms. The molecule has 4 nitrogen and oxygen atoms in total. The zero-order valence-corrected chi connectivity index (χ0v) is 10.7. The van der Waals surface area contributed by atoms with Gasteiger partial charge in [-0.05, 0) is 32.0 Å². The van der Waals surface area contributed by atoms with Gasteiger partial charge < -0.3 is 16.0 Å². The first-order chi connectivity index (χ1) is 7.72. The first-order valence-corrected chi connectivity index (χ1v) is 6.44. The van der Waals surface area contributed by atoms with Crippen LogP contribution in [0.2, 0.25) is 0 Å². The standard InChI is InChI=1S/C11H21N3OS/c1-2-12-10(15)7-8-13-11(16)14-9-5-3-4-6-9/h9H,2-8H2,1H3,(H,12,15)(H2,13,14,16). The van der Waals surface area contributed by atoms with Crippen molar-refractivity contribution in [3.63, 3.8) is 0 Å². The van der Waals surface area contributed by atoms with E-state index in [9.17, 15) is 4.79 Å². The molecule has 0 heterocycles. The molecule has 1 rings (SSSR count). The first kappa shape index (κ1) is 13.2. The Morgan fingerprint density at radius 1 is 1.31 bits per heavy atom. The summed E-state index contributed by atoms with van der Waals surface area (Å²) < 4.78 is 0. The predicted octanol–water partition coefficient (Wildman–Crippen LogP) is 0.919. The smallest absolute Gasteiger partial charge is 0.221 e. The van der Waals surface area contributed by atoms with Gasteiger partial charge >= 0.3 is 0 Å². The lowest BCUT2D eigenvalue weighted by Crippen LogP contribution is -2.41. The Balaban J connectivity index is 2.03. The van der Waals surface area contributed by atoms with Crippen LogP contribution in [0.15, 0.2) is 0 Å². The van der Waals surface area contributed by atoms with Crippen LogP contribution in [0.5, 0.6) is 0 Å². The van der Waals surface area contributed by atoms with E-state index in [4.69, 9.17) is 12.2 Å². The third kappa shape index (κ3) is 5.30. The molecule has 1 aliphatic rings. The van der Waals surface area contributed by atoms with Gasteiger partial charge in [-0.2, -0.15) is 0 Å². The van der Waals surface area contributed by atoms with Gasteiger partial charge in [-0.25, -0.2) is 0 Å². The van der Waals surface area contributed by atoms with Crippen molar-refractivity contribution < 1.29 is 4.79 Å². The van der Waals surface area contributed by atoms with Crippen LogP contribution in [0.4, 0.5) is 0 Å². The van der Waals surface area contributed by atoms with E-state index in [2.05, 4.69) is 16.0 Å². The molecule has 1 fully saturated rings. The van der Waals surface area contributed by atoms with Gasteiger partial charge in [0, 0.05) is 25.6 Å². The van der Waals surface area contributed by atoms with Crippen LogP contribution in [0.3, 0.4) is 0 Å². The van der Waals surface area contributed by atoms with E-state index in [1.54, 1.807) is 0 Å². The maximum atomic E-state index is 11.2. The highest BCUT2D eigenvalue weighted by Crippen LogP contribution is 2.17. The van der Waals surface area contributed by atoms with Crippen molar-refractivity contribution in [1.82, 2.24) is 16.0 Å². The van der Waals surface area contributed by atoms with Crippen LogP contribution >= 0.6 is 12.2 Å². The van der Waals surface area contributed by atoms with Gasteiger partial charge in [0.05, 0.1) is 0 Å². The Bertz CT molecular complexity index is 239. The fourth-order valence-corrected chi connectivity index (χ4v) is 2.15. The molecule has 1 aliphatic carbocycles. The Labute approximate surface area is 103 Å². The van der Waals surface area contributed by atoms with Crippen molar-refractivity contribution in [2.75, 3.05) is 13.1 Å². The molecule has 1 amide bonds. The highest BCUT2D eigenvalue weighted by Gasteiger charge is 2.15. The van der Waals surface area contributed by atoms with Crippen LogP contribution in [-0.2, 0) is 4.79 Å². The summed E-state index contributed by atoms with van der Waals surface area (Å²) in [7, 11) is 0. The molecule has 5 heteroatoms. The number of rotatable bonds is 5. The van der Waals surface area contributed by atoms with E-state index in [1.165, 1.54) is 25.7 Å². The van der Waals surface area contributed by atoms with Crippen molar-refractivity contribution in [3.05, 3.63) is 0 Å². The minimum Gasteiger partial charge on any atom is -0.362 e. The second-order valence-corrected chi connectivity index (χ2v) is 4.49. The van der Waals surface area contributed by atoms with Crippen LogP contribution in [0.1, 0.15) is 39.0 Å². The van der Waals surface area contributed by atoms with E-state index in [0.29, 0.717) is 30.7 Å². The lowest BCUT2D eigenvalue weighted by atomic mass is 10.3. The van der Waals surface area contributed by atoms with Crippen molar-refractivity contribution in [3.8, 4) is 0 Å². The average molecular weight is 243 g/mol. The quantitative estimate of drug-likeness (QED) is 0.629. The second-order valence-electron chi connectivity index (χ2n) is 4.09. The average Bonchev–Trinajstić information content (AvgIpc) is 2.70. The number of amides is 1. The van der Waals surface area contributed by atoms with Gasteiger partial charge in [0.1, 0.15) is 0 Å². The number of hydrogen-bond acceptors (Lipinski definition) is 2. The highest BCUT2D eigenvalue weighted by molar-refractivity contribution is 7.80. The molecule has 0 unspecified atom stereocenters. The maximum Gasteiger partial charge on any atom is 0.221 e. The summed E-state index contributed by atoms with van der Waals surface area (Å²) in [4.78, 5) is 11.2. The molecule has 0 bridgehead atoms. The molecule has 0 radical (unpaired) electrons. The normalized spacial score (nSPS) is 15.8. The van der Waals surface area contributed by atoms with E-state index in [0.717, 1.165) is 0 Å². The molecule has 0 aliphatic heterocycles. The summed E-state index contributed by atoms with van der Waals surface area (Å²) in [6.45, 7) is 3.20. The first-order valence-electron chi connectivity index (χ1n) is 6.03. The summed E-state index contributed by atoms with van der Waals surface area (Å²) in [5.74, 6) is 0.0682. The largest absolute Gasteiger partial charge is 0.362 e. The minimum atomic E-state index is 0.0682. The molecule has 1 saturated carbocycles. The second kappa shape index (κ2) is 7.44. The molecule has 0 atom stereocenters. The molecule has 3 N–H and O–H groups in total. The third-order valence-electron chi connectivity index (χ3n) is 2.70. The zero-order chi connectivity index (χ0) is 11.8. The van der Waals surface area contributed by atoms with Gasteiger partial charge in [-0.15, -0.1) is 0 Å². The lowest BCUT2D eigenvalue weighted by molar-refractivity contribution is -0.120. The molecule has 0 aromatic rings. The molecular weight excluding hydrogens is 222 g/mol. The summed E-state index contributed by atoms with van der Waals surface area (Å²) >= 11 is 5.15. The molecule has 0 aromatic heterocycles. The van der Waals surface area contributed by atoms with Gasteiger partial charge in [0.15, 0.2) is 5.11 Å². The fourth-order valence-electron chi connectivity index (χ4n) is 1.88. The maximum absolute atomic E-state index is 11.2. The molecule has 92 valence electrons. The fraction of sp³-hybridized carbons (Fsp3) is 0.818. The van der Waals surface area contributed by atoms with E-state index >= 15 is 0 Å². The van der Waals surface area contributed by atoms with Crippen LogP contribution in [0.25, 0.3) is 0 Å². The van der Waals surface area contributed by atoms with E-state index in [1.807, 2.05) is 6.92 Å². The van der Waals surface area contributed by atoms with Crippen molar-refractivity contribution >= 4 is 23.2 Å². The van der Waals surface area contributed by atoms with Crippen LogP contribution in [-0.4, -0.2) is 30.2 Å². The highest BCUT2D eigenvalue weighted by atomic mass is 32.1. The van der Waals surface area contributed by atoms with Crippen molar-refractivity contribution in [2.24, 2.45) is 0 Å². The number of nitrogens with one attached hydrogen (secondary N) is 3. The van der Waals surface area contributed by atoms with Gasteiger partial charge in [-0.3, -0.25) is 4.79 Å². The van der Waals surface area contributed by atoms with Crippen LogP contribution < -0.4 is 16.0 Å². The SMILES string of the molecule is CCNC(=O)CCNC(=S)NC1CCCC1. The third-order valence-corrected chi connectivity index (χ3v) is 2.96. The van der Waals surface area contributed by atoms with Gasteiger partial charge in [-0.1, -0.05) is 12.8 Å². The number of thiocarbonyl (C=S) groups is 1. The van der Waals surface area contributed by atoms with Gasteiger partial charge in [0.2, 0.25) is 5.91 Å². The summed E-state index contributed by atoms with van der Waals surface area (Å²) in [5, 5.41) is 9.76. The molecule has 0 spiro atoms. The minimum absolute atomic E-state index is 0.0682. The van der Waals surface area contributed by atoms with E-state index in [-0.39, 0.29) is 5.91 Å². The number of carbonyl (C=O) groups excluding carboxylic acids is 1. The lowest BCUT2D eigenvalue weighted by Gasteiger charge is -2.15. The van der Waals surface area contributed by atoms with Crippen molar-refractivity contribution in [2.45, 2.75) is 45.1 Å². The Hall–Kier alpha value is -0.840. The van der Waals surface area contributed by atoms with Crippen LogP contribution in [0, 0.1) is 0 Å². The molecule has 0 saturated heterocycles. The van der Waals surface area contributed by atoms with Gasteiger partial charge in [0.25, 0.3) is 0 Å². The number of carbonyl (C=O) groups is 1. The summed E-state index contributed by atoms with van der Waals surface area (Å²) in [6.07, 6.45) is 5.47. The summed E-state index contributed by atoms with van der Waals surface area (Å²) in [6, 6.07) is 0.532. The van der Waals surface area contributed by atoms with Crippen molar-refractivity contribution in [1.29, 1.82) is 0 Å². The Morgan fingerprint density at radius 2 is 2.00 bits per heavy atom.